The van der Waals surface area contributed by atoms with Crippen LogP contribution < -0.4 is 0 Å². The van der Waals surface area contributed by atoms with Crippen LogP contribution in [0.1, 0.15) is 15.9 Å². The zero-order valence-corrected chi connectivity index (χ0v) is 30.5. The van der Waals surface area contributed by atoms with Crippen molar-refractivity contribution in [3.63, 3.8) is 0 Å². The Morgan fingerprint density at radius 1 is 0.232 bits per heavy atom. The second-order valence-electron chi connectivity index (χ2n) is 14.7. The van der Waals surface area contributed by atoms with Gasteiger partial charge in [0.2, 0.25) is 0 Å². The van der Waals surface area contributed by atoms with Crippen molar-refractivity contribution in [1.82, 2.24) is 0 Å². The highest BCUT2D eigenvalue weighted by atomic mass is 16.1. The normalized spacial score (nSPS) is 11.6. The number of rotatable bonds is 5. The van der Waals surface area contributed by atoms with Gasteiger partial charge in [0.1, 0.15) is 0 Å². The quantitative estimate of drug-likeness (QED) is 0.128. The van der Waals surface area contributed by atoms with Crippen molar-refractivity contribution >= 4 is 70.4 Å². The highest BCUT2D eigenvalue weighted by Gasteiger charge is 2.18. The molecule has 0 aliphatic carbocycles. The molecule has 0 atom stereocenters. The maximum absolute atomic E-state index is 13.8. The van der Waals surface area contributed by atoms with E-state index in [1.165, 1.54) is 76.3 Å². The lowest BCUT2D eigenvalue weighted by molar-refractivity contribution is 0.103. The van der Waals surface area contributed by atoms with Crippen LogP contribution in [0.4, 0.5) is 0 Å². The van der Waals surface area contributed by atoms with Crippen LogP contribution in [0.3, 0.4) is 0 Å². The number of hydrogen-bond acceptors (Lipinski definition) is 1. The summed E-state index contributed by atoms with van der Waals surface area (Å²) in [5.41, 5.74) is 8.48. The van der Waals surface area contributed by atoms with Gasteiger partial charge in [0.05, 0.1) is 0 Å². The third-order valence-corrected chi connectivity index (χ3v) is 11.6. The van der Waals surface area contributed by atoms with Gasteiger partial charge in [-0.1, -0.05) is 176 Å². The molecule has 56 heavy (non-hydrogen) atoms. The molecule has 0 fully saturated rings. The van der Waals surface area contributed by atoms with Gasteiger partial charge in [-0.05, 0) is 128 Å². The van der Waals surface area contributed by atoms with Crippen LogP contribution in [0.5, 0.6) is 0 Å². The predicted molar refractivity (Wildman–Crippen MR) is 238 cm³/mol. The summed E-state index contributed by atoms with van der Waals surface area (Å²) in [6.45, 7) is 0. The topological polar surface area (TPSA) is 17.1 Å². The van der Waals surface area contributed by atoms with E-state index in [1.54, 1.807) is 0 Å². The van der Waals surface area contributed by atoms with Crippen LogP contribution >= 0.6 is 0 Å². The average Bonchev–Trinajstić information content (AvgIpc) is 3.28. The zero-order chi connectivity index (χ0) is 37.2. The van der Waals surface area contributed by atoms with Crippen molar-refractivity contribution in [2.75, 3.05) is 0 Å². The lowest BCUT2D eigenvalue weighted by Crippen LogP contribution is -2.01. The fraction of sp³-hybridized carbons (Fsp3) is 0. The molecule has 0 heterocycles. The Morgan fingerprint density at radius 3 is 1.20 bits per heavy atom. The number of hydrogen-bond donors (Lipinski definition) is 0. The van der Waals surface area contributed by atoms with E-state index in [2.05, 4.69) is 170 Å². The van der Waals surface area contributed by atoms with Gasteiger partial charge in [-0.3, -0.25) is 4.79 Å². The van der Waals surface area contributed by atoms with Crippen molar-refractivity contribution in [1.29, 1.82) is 0 Å². The predicted octanol–water partition coefficient (Wildman–Crippen LogP) is 14.8. The summed E-state index contributed by atoms with van der Waals surface area (Å²) in [6, 6.07) is 73.4. The van der Waals surface area contributed by atoms with Crippen molar-refractivity contribution < 1.29 is 4.79 Å². The number of benzene rings is 10. The Bertz CT molecular complexity index is 3290. The minimum atomic E-state index is 0.0308. The highest BCUT2D eigenvalue weighted by Crippen LogP contribution is 2.45. The smallest absolute Gasteiger partial charge is 0.193 e. The Kier molecular flexibility index (Phi) is 7.40. The van der Waals surface area contributed by atoms with Crippen LogP contribution in [0, 0.1) is 0 Å². The Morgan fingerprint density at radius 2 is 0.625 bits per heavy atom. The first-order chi connectivity index (χ1) is 27.7. The van der Waals surface area contributed by atoms with Crippen molar-refractivity contribution in [2.45, 2.75) is 0 Å². The minimum Gasteiger partial charge on any atom is -0.289 e. The molecule has 0 saturated heterocycles. The molecule has 260 valence electrons. The summed E-state index contributed by atoms with van der Waals surface area (Å²) >= 11 is 0. The van der Waals surface area contributed by atoms with E-state index >= 15 is 0 Å². The van der Waals surface area contributed by atoms with Crippen LogP contribution in [0.2, 0.25) is 0 Å². The van der Waals surface area contributed by atoms with Gasteiger partial charge >= 0.3 is 0 Å². The largest absolute Gasteiger partial charge is 0.289 e. The molecule has 11 aromatic carbocycles. The lowest BCUT2D eigenvalue weighted by Gasteiger charge is -2.17. The number of fused-ring (bicyclic) bond motifs is 8. The molecule has 11 rings (SSSR count). The summed E-state index contributed by atoms with van der Waals surface area (Å²) in [5, 5.41) is 14.3. The molecule has 0 bridgehead atoms. The van der Waals surface area contributed by atoms with E-state index in [9.17, 15) is 4.79 Å². The molecule has 1 heteroatoms. The molecule has 11 aromatic rings. The van der Waals surface area contributed by atoms with Gasteiger partial charge < -0.3 is 0 Å². The monoisotopic (exact) mass is 710 g/mol. The molecule has 0 N–H and O–H groups in total. The van der Waals surface area contributed by atoms with Crippen LogP contribution in [0.25, 0.3) is 98.0 Å². The van der Waals surface area contributed by atoms with E-state index in [0.717, 1.165) is 21.7 Å². The first kappa shape index (κ1) is 32.1. The third-order valence-electron chi connectivity index (χ3n) is 11.6. The summed E-state index contributed by atoms with van der Waals surface area (Å²) < 4.78 is 0. The first-order valence-electron chi connectivity index (χ1n) is 19.2. The van der Waals surface area contributed by atoms with E-state index in [1.807, 2.05) is 36.4 Å². The van der Waals surface area contributed by atoms with Crippen LogP contribution in [0.15, 0.2) is 206 Å². The van der Waals surface area contributed by atoms with Gasteiger partial charge in [-0.25, -0.2) is 0 Å². The Hall–Kier alpha value is -7.35. The van der Waals surface area contributed by atoms with Crippen molar-refractivity contribution in [3.8, 4) is 33.4 Å². The standard InChI is InChI=1S/C55H34O/c56-55(37-18-8-3-9-19-37)39-27-29-46-48-23-12-22-47-44-21-11-10-20-43(44)45-28-26-38(33-51(45)49-24-13-25-50(52(46)34-39)54(49)53(47)48)42-31-40(35-14-4-1-5-15-35)30-41(32-42)36-16-6-2-7-17-36/h1-34H. The maximum Gasteiger partial charge on any atom is 0.193 e. The molecule has 0 aliphatic heterocycles. The van der Waals surface area contributed by atoms with E-state index in [4.69, 9.17) is 0 Å². The van der Waals surface area contributed by atoms with Crippen molar-refractivity contribution in [2.24, 2.45) is 0 Å². The average molecular weight is 711 g/mol. The fourth-order valence-electron chi connectivity index (χ4n) is 8.96. The van der Waals surface area contributed by atoms with Gasteiger partial charge in [0, 0.05) is 11.1 Å². The molecular formula is C55H34O. The first-order valence-corrected chi connectivity index (χ1v) is 19.2. The molecule has 0 unspecified atom stereocenters. The second kappa shape index (κ2) is 12.9. The second-order valence-corrected chi connectivity index (χ2v) is 14.7. The Labute approximate surface area is 324 Å². The molecule has 0 spiro atoms. The molecule has 1 nitrogen and oxygen atoms in total. The molecule has 0 saturated carbocycles. The van der Waals surface area contributed by atoms with Crippen LogP contribution in [-0.4, -0.2) is 5.78 Å². The van der Waals surface area contributed by atoms with Gasteiger partial charge in [0.15, 0.2) is 5.78 Å². The van der Waals surface area contributed by atoms with E-state index < -0.39 is 0 Å². The summed E-state index contributed by atoms with van der Waals surface area (Å²) in [6.07, 6.45) is 0. The summed E-state index contributed by atoms with van der Waals surface area (Å²) in [5.74, 6) is 0.0308. The van der Waals surface area contributed by atoms with Gasteiger partial charge in [-0.15, -0.1) is 0 Å². The fourth-order valence-corrected chi connectivity index (χ4v) is 8.96. The zero-order valence-electron chi connectivity index (χ0n) is 30.5. The van der Waals surface area contributed by atoms with Crippen molar-refractivity contribution in [3.05, 3.63) is 217 Å². The molecule has 0 radical (unpaired) electrons. The SMILES string of the molecule is O=C(c1ccccc1)c1ccc2c(c1)c1cccc3c4cc(-c5cc(-c6ccccc6)cc(-c6ccccc6)c5)ccc4c4ccccc4c4cccc2c4c31. The maximum atomic E-state index is 13.8. The number of carbonyl (C=O) groups excluding carboxylic acids is 1. The van der Waals surface area contributed by atoms with Gasteiger partial charge in [0.25, 0.3) is 0 Å². The molecule has 0 amide bonds. The van der Waals surface area contributed by atoms with E-state index in [0.29, 0.717) is 11.1 Å². The van der Waals surface area contributed by atoms with Crippen LogP contribution in [-0.2, 0) is 0 Å². The third kappa shape index (κ3) is 5.13. The lowest BCUT2D eigenvalue weighted by atomic mass is 9.85. The minimum absolute atomic E-state index is 0.0308. The summed E-state index contributed by atoms with van der Waals surface area (Å²) in [4.78, 5) is 13.8. The molecule has 0 aromatic heterocycles. The Balaban J connectivity index is 1.26. The number of ketones is 1. The molecular weight excluding hydrogens is 677 g/mol. The highest BCUT2D eigenvalue weighted by molar-refractivity contribution is 6.39. The van der Waals surface area contributed by atoms with E-state index in [-0.39, 0.29) is 5.78 Å². The molecule has 0 aliphatic rings. The summed E-state index contributed by atoms with van der Waals surface area (Å²) in [7, 11) is 0. The van der Waals surface area contributed by atoms with Gasteiger partial charge in [-0.2, -0.15) is 0 Å². The number of carbonyl (C=O) groups is 1.